The predicted molar refractivity (Wildman–Crippen MR) is 107 cm³/mol. The van der Waals surface area contributed by atoms with Crippen molar-refractivity contribution in [2.24, 2.45) is 4.99 Å². The number of aliphatic imine (C=N–C) groups is 1. The van der Waals surface area contributed by atoms with Gasteiger partial charge in [-0.3, -0.25) is 4.79 Å². The Labute approximate surface area is 157 Å². The SMILES string of the molecule is CCNC(=NCC(=O)N(CC)Cc1ccccc1)NC(C)C.I. The van der Waals surface area contributed by atoms with Gasteiger partial charge in [0.25, 0.3) is 0 Å². The molecule has 0 bridgehead atoms. The minimum atomic E-state index is 0. The molecular formula is C17H29IN4O. The monoisotopic (exact) mass is 432 g/mol. The third kappa shape index (κ3) is 8.78. The molecule has 0 saturated carbocycles. The highest BCUT2D eigenvalue weighted by molar-refractivity contribution is 14.0. The molecule has 130 valence electrons. The maximum atomic E-state index is 12.3. The number of benzene rings is 1. The number of carbonyl (C=O) groups excluding carboxylic acids is 1. The highest BCUT2D eigenvalue weighted by Crippen LogP contribution is 2.04. The molecule has 0 aliphatic rings. The summed E-state index contributed by atoms with van der Waals surface area (Å²) in [7, 11) is 0. The number of nitrogens with one attached hydrogen (secondary N) is 2. The van der Waals surface area contributed by atoms with Crippen LogP contribution in [-0.4, -0.2) is 42.4 Å². The highest BCUT2D eigenvalue weighted by Gasteiger charge is 2.12. The summed E-state index contributed by atoms with van der Waals surface area (Å²) in [4.78, 5) is 18.5. The van der Waals surface area contributed by atoms with Crippen molar-refractivity contribution >= 4 is 35.8 Å². The van der Waals surface area contributed by atoms with E-state index in [1.807, 2.05) is 62.9 Å². The smallest absolute Gasteiger partial charge is 0.244 e. The van der Waals surface area contributed by atoms with Gasteiger partial charge in [-0.1, -0.05) is 30.3 Å². The zero-order valence-corrected chi connectivity index (χ0v) is 16.8. The molecule has 0 heterocycles. The first-order valence-corrected chi connectivity index (χ1v) is 7.93. The van der Waals surface area contributed by atoms with E-state index in [1.165, 1.54) is 0 Å². The molecule has 0 aliphatic heterocycles. The number of nitrogens with zero attached hydrogens (tertiary/aromatic N) is 2. The lowest BCUT2D eigenvalue weighted by atomic mass is 10.2. The van der Waals surface area contributed by atoms with Gasteiger partial charge in [0.1, 0.15) is 6.54 Å². The van der Waals surface area contributed by atoms with Crippen LogP contribution in [-0.2, 0) is 11.3 Å². The Hall–Kier alpha value is -1.31. The van der Waals surface area contributed by atoms with Crippen molar-refractivity contribution in [3.63, 3.8) is 0 Å². The predicted octanol–water partition coefficient (Wildman–Crippen LogP) is 2.62. The molecule has 0 aromatic heterocycles. The van der Waals surface area contributed by atoms with E-state index in [0.29, 0.717) is 19.0 Å². The van der Waals surface area contributed by atoms with Gasteiger partial charge in [0, 0.05) is 25.7 Å². The van der Waals surface area contributed by atoms with Gasteiger partial charge in [-0.05, 0) is 33.3 Å². The lowest BCUT2D eigenvalue weighted by Crippen LogP contribution is -2.42. The van der Waals surface area contributed by atoms with Crippen molar-refractivity contribution in [1.82, 2.24) is 15.5 Å². The van der Waals surface area contributed by atoms with Gasteiger partial charge < -0.3 is 15.5 Å². The summed E-state index contributed by atoms with van der Waals surface area (Å²) in [6, 6.07) is 10.3. The summed E-state index contributed by atoms with van der Waals surface area (Å²) in [6.07, 6.45) is 0. The van der Waals surface area contributed by atoms with Gasteiger partial charge in [0.05, 0.1) is 0 Å². The largest absolute Gasteiger partial charge is 0.357 e. The van der Waals surface area contributed by atoms with E-state index in [2.05, 4.69) is 15.6 Å². The number of carbonyl (C=O) groups is 1. The standard InChI is InChI=1S/C17H28N4O.HI/c1-5-18-17(20-14(3)4)19-12-16(22)21(6-2)13-15-10-8-7-9-11-15;/h7-11,14H,5-6,12-13H2,1-4H3,(H2,18,19,20);1H. The molecule has 0 saturated heterocycles. The lowest BCUT2D eigenvalue weighted by Gasteiger charge is -2.21. The van der Waals surface area contributed by atoms with Crippen LogP contribution < -0.4 is 10.6 Å². The molecule has 0 radical (unpaired) electrons. The van der Waals surface area contributed by atoms with Crippen LogP contribution in [0.2, 0.25) is 0 Å². The van der Waals surface area contributed by atoms with E-state index in [-0.39, 0.29) is 42.5 Å². The zero-order valence-electron chi connectivity index (χ0n) is 14.5. The fourth-order valence-corrected chi connectivity index (χ4v) is 2.02. The third-order valence-electron chi connectivity index (χ3n) is 3.09. The van der Waals surface area contributed by atoms with E-state index in [9.17, 15) is 4.79 Å². The van der Waals surface area contributed by atoms with Crippen LogP contribution in [0.1, 0.15) is 33.3 Å². The Morgan fingerprint density at radius 2 is 1.87 bits per heavy atom. The van der Waals surface area contributed by atoms with E-state index < -0.39 is 0 Å². The van der Waals surface area contributed by atoms with Gasteiger partial charge in [0.15, 0.2) is 5.96 Å². The average Bonchev–Trinajstić information content (AvgIpc) is 2.50. The molecule has 0 aliphatic carbocycles. The fraction of sp³-hybridized carbons (Fsp3) is 0.529. The average molecular weight is 432 g/mol. The Morgan fingerprint density at radius 3 is 2.39 bits per heavy atom. The second-order valence-corrected chi connectivity index (χ2v) is 5.39. The third-order valence-corrected chi connectivity index (χ3v) is 3.09. The van der Waals surface area contributed by atoms with Gasteiger partial charge in [0.2, 0.25) is 5.91 Å². The van der Waals surface area contributed by atoms with Gasteiger partial charge in [-0.2, -0.15) is 0 Å². The van der Waals surface area contributed by atoms with E-state index >= 15 is 0 Å². The lowest BCUT2D eigenvalue weighted by molar-refractivity contribution is -0.130. The first kappa shape index (κ1) is 21.7. The summed E-state index contributed by atoms with van der Waals surface area (Å²) < 4.78 is 0. The van der Waals surface area contributed by atoms with E-state index in [0.717, 1.165) is 12.1 Å². The molecule has 2 N–H and O–H groups in total. The molecule has 0 atom stereocenters. The number of halogens is 1. The van der Waals surface area contributed by atoms with Crippen LogP contribution >= 0.6 is 24.0 Å². The van der Waals surface area contributed by atoms with Crippen molar-refractivity contribution in [2.45, 2.75) is 40.3 Å². The first-order chi connectivity index (χ1) is 10.6. The Balaban J connectivity index is 0.00000484. The summed E-state index contributed by atoms with van der Waals surface area (Å²) in [5.41, 5.74) is 1.13. The molecule has 0 unspecified atom stereocenters. The van der Waals surface area contributed by atoms with Crippen molar-refractivity contribution in [2.75, 3.05) is 19.6 Å². The van der Waals surface area contributed by atoms with Crippen LogP contribution in [0.3, 0.4) is 0 Å². The van der Waals surface area contributed by atoms with Gasteiger partial charge in [-0.15, -0.1) is 24.0 Å². The van der Waals surface area contributed by atoms with Crippen LogP contribution in [0.25, 0.3) is 0 Å². The maximum Gasteiger partial charge on any atom is 0.244 e. The summed E-state index contributed by atoms with van der Waals surface area (Å²) >= 11 is 0. The minimum Gasteiger partial charge on any atom is -0.357 e. The van der Waals surface area contributed by atoms with Crippen molar-refractivity contribution in [3.05, 3.63) is 35.9 Å². The Kier molecular flexibility index (Phi) is 11.5. The molecular weight excluding hydrogens is 403 g/mol. The van der Waals surface area contributed by atoms with Crippen LogP contribution in [0, 0.1) is 0 Å². The number of guanidine groups is 1. The molecule has 5 nitrogen and oxygen atoms in total. The zero-order chi connectivity index (χ0) is 16.4. The molecule has 1 rings (SSSR count). The molecule has 6 heteroatoms. The second kappa shape index (κ2) is 12.2. The molecule has 1 amide bonds. The fourth-order valence-electron chi connectivity index (χ4n) is 2.02. The number of hydrogen-bond acceptors (Lipinski definition) is 2. The summed E-state index contributed by atoms with van der Waals surface area (Å²) in [6.45, 7) is 10.3. The van der Waals surface area contributed by atoms with Gasteiger partial charge in [-0.25, -0.2) is 4.99 Å². The number of rotatable bonds is 7. The number of likely N-dealkylation sites (N-methyl/N-ethyl adjacent to an activating group) is 1. The summed E-state index contributed by atoms with van der Waals surface area (Å²) in [5, 5.41) is 6.36. The number of amides is 1. The molecule has 0 fully saturated rings. The Morgan fingerprint density at radius 1 is 1.22 bits per heavy atom. The topological polar surface area (TPSA) is 56.7 Å². The molecule has 1 aromatic carbocycles. The van der Waals surface area contributed by atoms with Gasteiger partial charge >= 0.3 is 0 Å². The first-order valence-electron chi connectivity index (χ1n) is 7.93. The van der Waals surface area contributed by atoms with Crippen molar-refractivity contribution < 1.29 is 4.79 Å². The van der Waals surface area contributed by atoms with E-state index in [1.54, 1.807) is 0 Å². The molecule has 0 spiro atoms. The quantitative estimate of drug-likeness (QED) is 0.396. The molecule has 23 heavy (non-hydrogen) atoms. The maximum absolute atomic E-state index is 12.3. The number of hydrogen-bond donors (Lipinski definition) is 2. The molecule has 1 aromatic rings. The van der Waals surface area contributed by atoms with Crippen molar-refractivity contribution in [1.29, 1.82) is 0 Å². The highest BCUT2D eigenvalue weighted by atomic mass is 127. The minimum absolute atomic E-state index is 0. The van der Waals surface area contributed by atoms with Crippen LogP contribution in [0.15, 0.2) is 35.3 Å². The second-order valence-electron chi connectivity index (χ2n) is 5.39. The summed E-state index contributed by atoms with van der Waals surface area (Å²) in [5.74, 6) is 0.717. The van der Waals surface area contributed by atoms with E-state index in [4.69, 9.17) is 0 Å². The Bertz CT molecular complexity index is 477. The van der Waals surface area contributed by atoms with Crippen molar-refractivity contribution in [3.8, 4) is 0 Å². The van der Waals surface area contributed by atoms with Crippen LogP contribution in [0.4, 0.5) is 0 Å². The normalized spacial score (nSPS) is 10.9. The van der Waals surface area contributed by atoms with Crippen LogP contribution in [0.5, 0.6) is 0 Å².